The predicted molar refractivity (Wildman–Crippen MR) is 94.6 cm³/mol. The average Bonchev–Trinajstić information content (AvgIpc) is 3.29. The highest BCUT2D eigenvalue weighted by molar-refractivity contribution is 6.05. The molecule has 27 heavy (non-hydrogen) atoms. The van der Waals surface area contributed by atoms with E-state index in [0.717, 1.165) is 25.7 Å². The van der Waals surface area contributed by atoms with Gasteiger partial charge in [-0.3, -0.25) is 19.3 Å². The maximum absolute atomic E-state index is 12.4. The number of aromatic nitrogens is 4. The number of nitrogens with one attached hydrogen (secondary N) is 1. The van der Waals surface area contributed by atoms with Crippen LogP contribution < -0.4 is 5.32 Å². The molecule has 140 valence electrons. The van der Waals surface area contributed by atoms with E-state index in [1.807, 2.05) is 6.07 Å². The summed E-state index contributed by atoms with van der Waals surface area (Å²) in [6.07, 6.45) is 5.08. The second kappa shape index (κ2) is 7.26. The number of carbonyl (C=O) groups is 3. The molecule has 2 atom stereocenters. The molecule has 2 heterocycles. The van der Waals surface area contributed by atoms with E-state index in [-0.39, 0.29) is 42.5 Å². The first kappa shape index (κ1) is 17.3. The molecule has 1 N–H and O–H groups in total. The molecule has 1 saturated heterocycles. The van der Waals surface area contributed by atoms with E-state index in [1.54, 1.807) is 18.2 Å². The van der Waals surface area contributed by atoms with Gasteiger partial charge in [-0.25, -0.2) is 4.68 Å². The summed E-state index contributed by atoms with van der Waals surface area (Å²) in [7, 11) is 0. The lowest BCUT2D eigenvalue weighted by Gasteiger charge is -2.19. The van der Waals surface area contributed by atoms with Crippen LogP contribution >= 0.6 is 0 Å². The van der Waals surface area contributed by atoms with Crippen molar-refractivity contribution in [2.45, 2.75) is 32.1 Å². The van der Waals surface area contributed by atoms with E-state index in [2.05, 4.69) is 20.8 Å². The maximum atomic E-state index is 12.4. The Morgan fingerprint density at radius 2 is 1.89 bits per heavy atom. The van der Waals surface area contributed by atoms with Crippen molar-refractivity contribution in [3.63, 3.8) is 0 Å². The number of tetrazole rings is 1. The molecular weight excluding hydrogens is 348 g/mol. The fraction of sp³-hybridized carbons (Fsp3) is 0.444. The summed E-state index contributed by atoms with van der Waals surface area (Å²) in [5, 5.41) is 13.8. The molecule has 1 aliphatic heterocycles. The Morgan fingerprint density at radius 3 is 2.56 bits per heavy atom. The number of benzene rings is 1. The van der Waals surface area contributed by atoms with Crippen LogP contribution in [0.5, 0.6) is 0 Å². The molecule has 9 nitrogen and oxygen atoms in total. The van der Waals surface area contributed by atoms with E-state index < -0.39 is 0 Å². The Kier molecular flexibility index (Phi) is 4.66. The minimum atomic E-state index is -0.251. The Labute approximate surface area is 155 Å². The van der Waals surface area contributed by atoms with Crippen LogP contribution in [-0.4, -0.2) is 49.4 Å². The molecule has 2 aliphatic rings. The van der Waals surface area contributed by atoms with Gasteiger partial charge in [-0.2, -0.15) is 0 Å². The van der Waals surface area contributed by atoms with Crippen LogP contribution in [0.25, 0.3) is 5.69 Å². The summed E-state index contributed by atoms with van der Waals surface area (Å²) in [4.78, 5) is 38.5. The smallest absolute Gasteiger partial charge is 0.233 e. The fourth-order valence-corrected chi connectivity index (χ4v) is 3.89. The summed E-state index contributed by atoms with van der Waals surface area (Å²) in [6, 6.07) is 7.10. The van der Waals surface area contributed by atoms with E-state index in [4.69, 9.17) is 0 Å². The van der Waals surface area contributed by atoms with Crippen LogP contribution in [-0.2, 0) is 14.4 Å². The van der Waals surface area contributed by atoms with E-state index >= 15 is 0 Å². The van der Waals surface area contributed by atoms with Gasteiger partial charge >= 0.3 is 0 Å². The van der Waals surface area contributed by atoms with Crippen molar-refractivity contribution >= 4 is 23.4 Å². The zero-order chi connectivity index (χ0) is 18.8. The molecule has 0 bridgehead atoms. The van der Waals surface area contributed by atoms with Crippen LogP contribution in [0.4, 0.5) is 5.69 Å². The molecule has 0 radical (unpaired) electrons. The van der Waals surface area contributed by atoms with Crippen molar-refractivity contribution in [3.05, 3.63) is 30.6 Å². The van der Waals surface area contributed by atoms with Crippen molar-refractivity contribution in [1.29, 1.82) is 0 Å². The standard InChI is InChI=1S/C18H20N6O3/c25-16(20-12-4-3-5-13(10-12)24-11-19-21-22-24)8-9-23-17(26)14-6-1-2-7-15(14)18(23)27/h3-5,10-11,14-15H,1-2,6-9H2,(H,20,25)/t14-,15-/m1/s1. The monoisotopic (exact) mass is 368 g/mol. The molecule has 1 saturated carbocycles. The van der Waals surface area contributed by atoms with Crippen LogP contribution in [0.2, 0.25) is 0 Å². The lowest BCUT2D eigenvalue weighted by atomic mass is 9.81. The Balaban J connectivity index is 1.36. The Morgan fingerprint density at radius 1 is 1.15 bits per heavy atom. The number of anilines is 1. The Hall–Kier alpha value is -3.10. The average molecular weight is 368 g/mol. The number of hydrogen-bond donors (Lipinski definition) is 1. The summed E-state index contributed by atoms with van der Waals surface area (Å²) < 4.78 is 1.49. The van der Waals surface area contributed by atoms with Crippen LogP contribution in [0, 0.1) is 11.8 Å². The zero-order valence-corrected chi connectivity index (χ0v) is 14.7. The molecule has 0 spiro atoms. The lowest BCUT2D eigenvalue weighted by molar-refractivity contribution is -0.140. The lowest BCUT2D eigenvalue weighted by Crippen LogP contribution is -2.34. The molecular formula is C18H20N6O3. The minimum Gasteiger partial charge on any atom is -0.326 e. The van der Waals surface area contributed by atoms with E-state index in [9.17, 15) is 14.4 Å². The first-order valence-electron chi connectivity index (χ1n) is 9.12. The first-order valence-corrected chi connectivity index (χ1v) is 9.12. The first-order chi connectivity index (χ1) is 13.1. The van der Waals surface area contributed by atoms with Crippen LogP contribution in [0.3, 0.4) is 0 Å². The largest absolute Gasteiger partial charge is 0.326 e. The van der Waals surface area contributed by atoms with Gasteiger partial charge in [-0.1, -0.05) is 18.9 Å². The molecule has 1 aliphatic carbocycles. The third kappa shape index (κ3) is 3.44. The third-order valence-electron chi connectivity index (χ3n) is 5.24. The minimum absolute atomic E-state index is 0.0754. The van der Waals surface area contributed by atoms with Gasteiger partial charge < -0.3 is 5.32 Å². The number of nitrogens with zero attached hydrogens (tertiary/aromatic N) is 5. The number of likely N-dealkylation sites (tertiary alicyclic amines) is 1. The van der Waals surface area contributed by atoms with Crippen molar-refractivity contribution in [1.82, 2.24) is 25.1 Å². The highest BCUT2D eigenvalue weighted by Crippen LogP contribution is 2.37. The van der Waals surface area contributed by atoms with Gasteiger partial charge in [0.2, 0.25) is 17.7 Å². The molecule has 9 heteroatoms. The summed E-state index contributed by atoms with van der Waals surface area (Å²) in [5.41, 5.74) is 1.31. The molecule has 2 aromatic rings. The van der Waals surface area contributed by atoms with Crippen LogP contribution in [0.1, 0.15) is 32.1 Å². The number of rotatable bonds is 5. The number of fused-ring (bicyclic) bond motifs is 1. The summed E-state index contributed by atoms with van der Waals surface area (Å²) in [5.74, 6) is -0.833. The van der Waals surface area contributed by atoms with Gasteiger partial charge in [-0.15, -0.1) is 5.10 Å². The molecule has 1 aromatic carbocycles. The highest BCUT2D eigenvalue weighted by atomic mass is 16.2. The number of carbonyl (C=O) groups excluding carboxylic acids is 3. The van der Waals surface area contributed by atoms with Gasteiger partial charge in [0.05, 0.1) is 17.5 Å². The Bertz CT molecular complexity index is 842. The quantitative estimate of drug-likeness (QED) is 0.793. The molecule has 4 rings (SSSR count). The number of imide groups is 1. The van der Waals surface area contributed by atoms with Gasteiger partial charge in [0.25, 0.3) is 0 Å². The normalized spacial score (nSPS) is 22.0. The predicted octanol–water partition coefficient (Wildman–Crippen LogP) is 1.17. The maximum Gasteiger partial charge on any atom is 0.233 e. The van der Waals surface area contributed by atoms with Gasteiger partial charge in [0.1, 0.15) is 6.33 Å². The second-order valence-corrected chi connectivity index (χ2v) is 6.93. The highest BCUT2D eigenvalue weighted by Gasteiger charge is 2.47. The van der Waals surface area contributed by atoms with Crippen molar-refractivity contribution in [3.8, 4) is 5.69 Å². The van der Waals surface area contributed by atoms with Crippen molar-refractivity contribution in [2.75, 3.05) is 11.9 Å². The number of amides is 3. The third-order valence-corrected chi connectivity index (χ3v) is 5.24. The van der Waals surface area contributed by atoms with Crippen LogP contribution in [0.15, 0.2) is 30.6 Å². The topological polar surface area (TPSA) is 110 Å². The van der Waals surface area contributed by atoms with Crippen molar-refractivity contribution < 1.29 is 14.4 Å². The molecule has 3 amide bonds. The van der Waals surface area contributed by atoms with Gasteiger partial charge in [0.15, 0.2) is 0 Å². The van der Waals surface area contributed by atoms with E-state index in [0.29, 0.717) is 11.4 Å². The molecule has 1 aromatic heterocycles. The van der Waals surface area contributed by atoms with Crippen molar-refractivity contribution in [2.24, 2.45) is 11.8 Å². The zero-order valence-electron chi connectivity index (χ0n) is 14.7. The van der Waals surface area contributed by atoms with Gasteiger partial charge in [-0.05, 0) is 41.5 Å². The summed E-state index contributed by atoms with van der Waals surface area (Å²) in [6.45, 7) is 0.128. The molecule has 0 unspecified atom stereocenters. The fourth-order valence-electron chi connectivity index (χ4n) is 3.89. The summed E-state index contributed by atoms with van der Waals surface area (Å²) >= 11 is 0. The second-order valence-electron chi connectivity index (χ2n) is 6.93. The molecule has 2 fully saturated rings. The van der Waals surface area contributed by atoms with Gasteiger partial charge in [0, 0.05) is 18.7 Å². The van der Waals surface area contributed by atoms with E-state index in [1.165, 1.54) is 15.9 Å². The number of hydrogen-bond acceptors (Lipinski definition) is 6. The SMILES string of the molecule is O=C(CCN1C(=O)[C@@H]2CCCC[C@H]2C1=O)Nc1cccc(-n2cnnn2)c1.